The van der Waals surface area contributed by atoms with E-state index in [4.69, 9.17) is 0 Å². The number of carbonyl (C=O) groups is 7. The minimum atomic E-state index is -1.35. The molecule has 0 unspecified atom stereocenters. The van der Waals surface area contributed by atoms with E-state index in [-0.39, 0.29) is 25.8 Å². The topological polar surface area (TPSA) is 211 Å². The number of aryl methyl sites for hydroxylation is 1. The summed E-state index contributed by atoms with van der Waals surface area (Å²) in [6.07, 6.45) is -0.298. The lowest BCUT2D eigenvalue weighted by Crippen LogP contribution is -2.60. The molecule has 6 N–H and O–H groups in total. The van der Waals surface area contributed by atoms with Gasteiger partial charge in [0.1, 0.15) is 36.3 Å². The van der Waals surface area contributed by atoms with Crippen molar-refractivity contribution in [3.63, 3.8) is 0 Å². The Kier molecular flexibility index (Phi) is 12.4. The van der Waals surface area contributed by atoms with Crippen LogP contribution in [-0.2, 0) is 45.4 Å². The normalized spacial score (nSPS) is 18.9. The van der Waals surface area contributed by atoms with Gasteiger partial charge in [0.25, 0.3) is 0 Å². The summed E-state index contributed by atoms with van der Waals surface area (Å²) in [5, 5.41) is 29.5. The van der Waals surface area contributed by atoms with Crippen molar-refractivity contribution in [1.82, 2.24) is 20.9 Å². The molecule has 15 heteroatoms. The molecule has 0 saturated heterocycles. The molecule has 4 rings (SSSR count). The Labute approximate surface area is 300 Å². The molecule has 0 radical (unpaired) electrons. The van der Waals surface area contributed by atoms with Gasteiger partial charge in [-0.15, -0.1) is 0 Å². The summed E-state index contributed by atoms with van der Waals surface area (Å²) < 4.78 is 14.1. The van der Waals surface area contributed by atoms with Gasteiger partial charge in [0, 0.05) is 24.1 Å². The largest absolute Gasteiger partial charge is 0.481 e. The van der Waals surface area contributed by atoms with E-state index in [1.165, 1.54) is 23.1 Å². The van der Waals surface area contributed by atoms with E-state index in [9.17, 15) is 48.2 Å². The van der Waals surface area contributed by atoms with Crippen LogP contribution in [0.5, 0.6) is 0 Å². The Balaban J connectivity index is 1.60. The Hall–Kier alpha value is -5.34. The Morgan fingerprint density at radius 2 is 1.71 bits per heavy atom. The van der Waals surface area contributed by atoms with E-state index in [0.29, 0.717) is 29.5 Å². The number of carboxylic acids is 2. The maximum absolute atomic E-state index is 14.4. The predicted molar refractivity (Wildman–Crippen MR) is 187 cm³/mol. The van der Waals surface area contributed by atoms with Gasteiger partial charge in [-0.3, -0.25) is 28.8 Å². The van der Waals surface area contributed by atoms with Crippen molar-refractivity contribution < 1.29 is 48.2 Å². The lowest BCUT2D eigenvalue weighted by molar-refractivity contribution is -0.146. The van der Waals surface area contributed by atoms with Crippen LogP contribution in [0.2, 0.25) is 0 Å². The van der Waals surface area contributed by atoms with E-state index in [1.54, 1.807) is 39.8 Å². The first-order valence-electron chi connectivity index (χ1n) is 17.2. The molecule has 280 valence electrons. The lowest BCUT2D eigenvalue weighted by Gasteiger charge is -2.39. The first-order valence-corrected chi connectivity index (χ1v) is 17.2. The zero-order valence-electron chi connectivity index (χ0n) is 29.8. The lowest BCUT2D eigenvalue weighted by atomic mass is 9.80. The van der Waals surface area contributed by atoms with Crippen LogP contribution in [0.15, 0.2) is 36.4 Å². The highest BCUT2D eigenvalue weighted by Crippen LogP contribution is 2.41. The van der Waals surface area contributed by atoms with Gasteiger partial charge in [-0.1, -0.05) is 51.5 Å². The molecule has 0 spiro atoms. The summed E-state index contributed by atoms with van der Waals surface area (Å²) in [4.78, 5) is 91.3. The van der Waals surface area contributed by atoms with E-state index >= 15 is 0 Å². The average molecular weight is 724 g/mol. The van der Waals surface area contributed by atoms with Crippen molar-refractivity contribution in [1.29, 1.82) is 0 Å². The smallest absolute Gasteiger partial charge is 0.305 e. The molecule has 2 heterocycles. The van der Waals surface area contributed by atoms with Gasteiger partial charge in [0.2, 0.25) is 23.6 Å². The first kappa shape index (κ1) is 39.4. The number of amides is 4. The molecule has 0 fully saturated rings. The van der Waals surface area contributed by atoms with Crippen LogP contribution in [-0.4, -0.2) is 87.7 Å². The number of halogens is 1. The summed E-state index contributed by atoms with van der Waals surface area (Å²) in [7, 11) is 0. The fourth-order valence-corrected chi connectivity index (χ4v) is 6.85. The fraction of sp³-hybridized carbons (Fsp3) is 0.486. The van der Waals surface area contributed by atoms with Crippen molar-refractivity contribution in [3.8, 4) is 0 Å². The number of benzene rings is 2. The fourth-order valence-electron chi connectivity index (χ4n) is 6.85. The molecule has 2 aromatic carbocycles. The van der Waals surface area contributed by atoms with Crippen molar-refractivity contribution in [2.45, 2.75) is 102 Å². The number of anilines is 1. The van der Waals surface area contributed by atoms with Crippen molar-refractivity contribution in [2.24, 2.45) is 5.92 Å². The number of nitrogens with one attached hydrogen (secondary N) is 4. The minimum Gasteiger partial charge on any atom is -0.481 e. The van der Waals surface area contributed by atoms with Gasteiger partial charge in [0.05, 0.1) is 12.5 Å². The van der Waals surface area contributed by atoms with Crippen LogP contribution in [0, 0.1) is 18.7 Å². The van der Waals surface area contributed by atoms with Gasteiger partial charge >= 0.3 is 11.9 Å². The van der Waals surface area contributed by atoms with Crippen molar-refractivity contribution in [2.75, 3.05) is 11.9 Å². The highest BCUT2D eigenvalue weighted by molar-refractivity contribution is 5.97. The first-order chi connectivity index (χ1) is 24.4. The predicted octanol–water partition coefficient (Wildman–Crippen LogP) is 2.37. The molecule has 0 saturated carbocycles. The van der Waals surface area contributed by atoms with Crippen LogP contribution in [0.1, 0.15) is 81.7 Å². The van der Waals surface area contributed by atoms with Crippen LogP contribution >= 0.6 is 0 Å². The molecule has 0 aromatic heterocycles. The van der Waals surface area contributed by atoms with E-state index in [0.717, 1.165) is 11.1 Å². The molecule has 2 aliphatic heterocycles. The molecule has 2 aliphatic rings. The van der Waals surface area contributed by atoms with E-state index in [2.05, 4.69) is 21.3 Å². The number of nitrogens with zero attached hydrogens (tertiary/aromatic N) is 1. The molecule has 52 heavy (non-hydrogen) atoms. The number of fused-ring (bicyclic) bond motifs is 2. The zero-order chi connectivity index (χ0) is 38.5. The van der Waals surface area contributed by atoms with Crippen molar-refractivity contribution >= 4 is 47.5 Å². The molecule has 0 bridgehead atoms. The van der Waals surface area contributed by atoms with Gasteiger partial charge in [0.15, 0.2) is 0 Å². The van der Waals surface area contributed by atoms with Gasteiger partial charge < -0.3 is 41.2 Å². The monoisotopic (exact) mass is 723 g/mol. The summed E-state index contributed by atoms with van der Waals surface area (Å²) in [6, 6.07) is 3.50. The molecule has 0 aliphatic carbocycles. The molecule has 14 nitrogen and oxygen atoms in total. The third kappa shape index (κ3) is 8.93. The second-order valence-electron chi connectivity index (χ2n) is 14.3. The molecular weight excluding hydrogens is 677 g/mol. The Morgan fingerprint density at radius 1 is 1.00 bits per heavy atom. The maximum Gasteiger partial charge on any atom is 0.305 e. The van der Waals surface area contributed by atoms with Gasteiger partial charge in [-0.05, 0) is 67.0 Å². The molecule has 2 aromatic rings. The molecule has 5 atom stereocenters. The van der Waals surface area contributed by atoms with Crippen LogP contribution < -0.4 is 21.3 Å². The highest BCUT2D eigenvalue weighted by atomic mass is 19.1. The third-order valence-electron chi connectivity index (χ3n) is 9.65. The Morgan fingerprint density at radius 3 is 2.35 bits per heavy atom. The summed E-state index contributed by atoms with van der Waals surface area (Å²) in [6.45, 7) is 8.83. The number of hydrogen-bond donors (Lipinski definition) is 6. The number of carboxylic acid groups (broad SMARTS) is 2. The van der Waals surface area contributed by atoms with Gasteiger partial charge in [-0.2, -0.15) is 0 Å². The SMILES string of the molecule is Cc1ccc2c(c1)CCN(C(=O)[C@@H](NC(=O)[C@H](CCCC(=O)O)NC(=O)[C@H]1Nc3ccc(F)cc3C1(C)C)C(C)C)[C@@H]2C(=O)N[C@H](C=O)CC(=O)O. The van der Waals surface area contributed by atoms with E-state index in [1.807, 2.05) is 13.0 Å². The van der Waals surface area contributed by atoms with Crippen LogP contribution in [0.25, 0.3) is 0 Å². The second-order valence-corrected chi connectivity index (χ2v) is 14.3. The maximum atomic E-state index is 14.4. The van der Waals surface area contributed by atoms with Gasteiger partial charge in [-0.25, -0.2) is 4.39 Å². The number of rotatable bonds is 15. The quantitative estimate of drug-likeness (QED) is 0.148. The minimum absolute atomic E-state index is 0.0275. The number of aliphatic carboxylic acids is 2. The molecule has 4 amide bonds. The number of carbonyl (C=O) groups excluding carboxylic acids is 5. The zero-order valence-corrected chi connectivity index (χ0v) is 29.8. The Bertz CT molecular complexity index is 1750. The standard InChI is InChI=1S/C37H46FN5O9/c1-19(2)30(36(52)43-14-13-21-15-20(3)9-11-24(21)31(43)34(50)39-23(18-44)17-29(47)48)42-33(49)27(7-6-8-28(45)46)41-35(51)32-37(4,5)25-16-22(38)10-12-26(25)40-32/h9-12,15-16,18-19,23,27,30-32,40H,6-8,13-14,17H2,1-5H3,(H,39,50)(H,41,51)(H,42,49)(H,45,46)(H,47,48)/t23-,27-,30-,31-,32+/m0/s1. The van der Waals surface area contributed by atoms with E-state index < -0.39 is 89.3 Å². The van der Waals surface area contributed by atoms with Crippen molar-refractivity contribution in [3.05, 3.63) is 64.5 Å². The van der Waals surface area contributed by atoms with Crippen LogP contribution in [0.4, 0.5) is 10.1 Å². The number of hydrogen-bond acceptors (Lipinski definition) is 8. The summed E-state index contributed by atoms with van der Waals surface area (Å²) >= 11 is 0. The molecular formula is C37H46FN5O9. The average Bonchev–Trinajstić information content (AvgIpc) is 3.33. The summed E-state index contributed by atoms with van der Waals surface area (Å²) in [5.41, 5.74) is 2.46. The third-order valence-corrected chi connectivity index (χ3v) is 9.65. The highest BCUT2D eigenvalue weighted by Gasteiger charge is 2.45. The summed E-state index contributed by atoms with van der Waals surface area (Å²) in [5.74, 6) is -6.12. The number of aldehydes is 1. The second kappa shape index (κ2) is 16.3. The van der Waals surface area contributed by atoms with Crippen LogP contribution in [0.3, 0.4) is 0 Å².